The number of aliphatic hydroxyl groups excluding tert-OH is 3. The molecule has 6 heteroatoms. The van der Waals surface area contributed by atoms with Gasteiger partial charge in [0, 0.05) is 18.3 Å². The Morgan fingerprint density at radius 3 is 2.64 bits per heavy atom. The van der Waals surface area contributed by atoms with E-state index in [1.54, 1.807) is 0 Å². The first-order chi connectivity index (χ1) is 11.3. The molecule has 0 spiro atoms. The van der Waals surface area contributed by atoms with Crippen LogP contribution in [-0.4, -0.2) is 39.6 Å². The number of carbonyl (C=O) groups is 1. The molecule has 136 valence electrons. The molecule has 0 radical (unpaired) electrons. The summed E-state index contributed by atoms with van der Waals surface area (Å²) < 4.78 is 0. The Morgan fingerprint density at radius 2 is 2.00 bits per heavy atom. The minimum absolute atomic E-state index is 0. The van der Waals surface area contributed by atoms with E-state index in [1.807, 2.05) is 0 Å². The van der Waals surface area contributed by atoms with Gasteiger partial charge in [-0.2, -0.15) is 0 Å². The Bertz CT molecular complexity index is 504. The molecule has 0 heterocycles. The molecule has 3 N–H and O–H groups in total. The van der Waals surface area contributed by atoms with Crippen LogP contribution in [0.4, 0.5) is 0 Å². The third-order valence-electron chi connectivity index (χ3n) is 5.40. The van der Waals surface area contributed by atoms with Crippen molar-refractivity contribution in [1.82, 2.24) is 0 Å². The summed E-state index contributed by atoms with van der Waals surface area (Å²) >= 11 is 0. The van der Waals surface area contributed by atoms with E-state index in [9.17, 15) is 25.2 Å². The Labute approximate surface area is 172 Å². The van der Waals surface area contributed by atoms with Crippen molar-refractivity contribution in [2.45, 2.75) is 64.3 Å². The largest absolute Gasteiger partial charge is 1.00 e. The number of rotatable bonds is 7. The quantitative estimate of drug-likeness (QED) is 0.447. The number of fused-ring (bicyclic) bond motifs is 1. The molecule has 0 saturated carbocycles. The maximum Gasteiger partial charge on any atom is 1.00 e. The third kappa shape index (κ3) is 6.49. The maximum atomic E-state index is 10.5. The summed E-state index contributed by atoms with van der Waals surface area (Å²) in [4.78, 5) is 10.5. The topological polar surface area (TPSA) is 101 Å². The maximum absolute atomic E-state index is 10.5. The number of aliphatic hydroxyl groups is 3. The number of carbonyl (C=O) groups excluding carboxylic acids is 1. The molecule has 25 heavy (non-hydrogen) atoms. The molecule has 0 aromatic rings. The van der Waals surface area contributed by atoms with Crippen LogP contribution in [0.3, 0.4) is 0 Å². The van der Waals surface area contributed by atoms with Crippen molar-refractivity contribution in [3.63, 3.8) is 0 Å². The van der Waals surface area contributed by atoms with E-state index in [1.165, 1.54) is 5.57 Å². The Morgan fingerprint density at radius 1 is 1.32 bits per heavy atom. The van der Waals surface area contributed by atoms with Gasteiger partial charge in [0.05, 0.1) is 18.3 Å². The van der Waals surface area contributed by atoms with Crippen molar-refractivity contribution in [2.24, 2.45) is 23.7 Å². The number of aliphatic carboxylic acids is 1. The van der Waals surface area contributed by atoms with Gasteiger partial charge in [-0.05, 0) is 49.0 Å². The zero-order chi connectivity index (χ0) is 17.9. The van der Waals surface area contributed by atoms with Crippen LogP contribution in [0, 0.1) is 23.7 Å². The number of carboxylic acid groups (broad SMARTS) is 1. The van der Waals surface area contributed by atoms with Crippen molar-refractivity contribution in [3.05, 3.63) is 23.8 Å². The molecule has 0 aliphatic heterocycles. The molecule has 5 nitrogen and oxygen atoms in total. The fourth-order valence-electron chi connectivity index (χ4n) is 4.22. The smallest absolute Gasteiger partial charge is 0.550 e. The molecule has 0 fully saturated rings. The minimum Gasteiger partial charge on any atom is -0.550 e. The van der Waals surface area contributed by atoms with Gasteiger partial charge in [0.2, 0.25) is 0 Å². The number of hydrogen-bond donors (Lipinski definition) is 3. The molecular formula is C19H29NaO5. The molecule has 0 saturated heterocycles. The minimum atomic E-state index is -1.31. The Balaban J connectivity index is 0.00000312. The molecule has 0 aromatic heterocycles. The normalized spacial score (nSPS) is 33.6. The van der Waals surface area contributed by atoms with Gasteiger partial charge in [-0.25, -0.2) is 0 Å². The predicted octanol–water partition coefficient (Wildman–Crippen LogP) is -2.21. The van der Waals surface area contributed by atoms with E-state index in [0.717, 1.165) is 12.8 Å². The first kappa shape index (κ1) is 22.9. The fourth-order valence-corrected chi connectivity index (χ4v) is 4.22. The standard InChI is InChI=1S/C19H30O5.Na/c1-11-7-13-4-3-12(2)16(19(13)17(22)8-11)6-5-14(20)9-15(21)10-18(23)24;/h3-4,7,11-12,14-17,19-22H,5-6,8-10H2,1-2H3,(H,23,24);/q;+1/p-1. The van der Waals surface area contributed by atoms with E-state index in [4.69, 9.17) is 0 Å². The van der Waals surface area contributed by atoms with Crippen LogP contribution in [0.1, 0.15) is 46.0 Å². The van der Waals surface area contributed by atoms with E-state index in [-0.39, 0.29) is 53.9 Å². The van der Waals surface area contributed by atoms with Crippen molar-refractivity contribution in [2.75, 3.05) is 0 Å². The van der Waals surface area contributed by atoms with Gasteiger partial charge in [-0.15, -0.1) is 0 Å². The van der Waals surface area contributed by atoms with Gasteiger partial charge in [-0.1, -0.05) is 32.1 Å². The summed E-state index contributed by atoms with van der Waals surface area (Å²) in [5, 5.41) is 40.7. The molecule has 0 aromatic carbocycles. The van der Waals surface area contributed by atoms with Crippen LogP contribution >= 0.6 is 0 Å². The summed E-state index contributed by atoms with van der Waals surface area (Å²) in [6, 6.07) is 0. The number of allylic oxidation sites excluding steroid dienone is 3. The average molecular weight is 360 g/mol. The van der Waals surface area contributed by atoms with E-state index < -0.39 is 24.6 Å². The van der Waals surface area contributed by atoms with Crippen LogP contribution < -0.4 is 34.7 Å². The molecule has 2 rings (SSSR count). The van der Waals surface area contributed by atoms with Crippen molar-refractivity contribution >= 4 is 5.97 Å². The molecule has 7 atom stereocenters. The molecule has 2 aliphatic rings. The summed E-state index contributed by atoms with van der Waals surface area (Å²) in [6.07, 6.45) is 5.89. The number of hydrogen-bond acceptors (Lipinski definition) is 5. The van der Waals surface area contributed by atoms with Crippen LogP contribution in [-0.2, 0) is 4.79 Å². The van der Waals surface area contributed by atoms with Gasteiger partial charge in [0.1, 0.15) is 0 Å². The second-order valence-corrected chi connectivity index (χ2v) is 7.55. The summed E-state index contributed by atoms with van der Waals surface area (Å²) in [6.45, 7) is 4.23. The van der Waals surface area contributed by atoms with Crippen LogP contribution in [0.25, 0.3) is 0 Å². The van der Waals surface area contributed by atoms with Crippen molar-refractivity contribution in [1.29, 1.82) is 0 Å². The van der Waals surface area contributed by atoms with Crippen LogP contribution in [0.2, 0.25) is 0 Å². The summed E-state index contributed by atoms with van der Waals surface area (Å²) in [7, 11) is 0. The SMILES string of the molecule is CC1C=C2C=CC(C)C(CCC(O)CC(O)CC(=O)[O-])C2C(O)C1.[Na+]. The van der Waals surface area contributed by atoms with Crippen LogP contribution in [0.15, 0.2) is 23.8 Å². The zero-order valence-electron chi connectivity index (χ0n) is 15.5. The third-order valence-corrected chi connectivity index (χ3v) is 5.40. The first-order valence-electron chi connectivity index (χ1n) is 8.91. The van der Waals surface area contributed by atoms with Crippen molar-refractivity contribution in [3.8, 4) is 0 Å². The molecule has 7 unspecified atom stereocenters. The van der Waals surface area contributed by atoms with Crippen LogP contribution in [0.5, 0.6) is 0 Å². The number of carboxylic acids is 1. The zero-order valence-corrected chi connectivity index (χ0v) is 17.5. The van der Waals surface area contributed by atoms with E-state index in [0.29, 0.717) is 18.3 Å². The monoisotopic (exact) mass is 360 g/mol. The molecule has 0 amide bonds. The van der Waals surface area contributed by atoms with E-state index in [2.05, 4.69) is 32.1 Å². The Hall–Kier alpha value is -0.170. The summed E-state index contributed by atoms with van der Waals surface area (Å²) in [5.74, 6) is -0.279. The predicted molar refractivity (Wildman–Crippen MR) is 88.6 cm³/mol. The molecule has 2 aliphatic carbocycles. The van der Waals surface area contributed by atoms with Gasteiger partial charge >= 0.3 is 29.6 Å². The summed E-state index contributed by atoms with van der Waals surface area (Å²) in [5.41, 5.74) is 1.19. The first-order valence-corrected chi connectivity index (χ1v) is 8.91. The van der Waals surface area contributed by atoms with Gasteiger partial charge in [0.25, 0.3) is 0 Å². The van der Waals surface area contributed by atoms with Gasteiger partial charge in [-0.3, -0.25) is 0 Å². The second kappa shape index (κ2) is 10.2. The fraction of sp³-hybridized carbons (Fsp3) is 0.737. The van der Waals surface area contributed by atoms with Gasteiger partial charge in [0.15, 0.2) is 0 Å². The van der Waals surface area contributed by atoms with Crippen molar-refractivity contribution < 1.29 is 54.8 Å². The molecular weight excluding hydrogens is 331 g/mol. The Kier molecular flexibility index (Phi) is 9.37. The van der Waals surface area contributed by atoms with E-state index >= 15 is 0 Å². The van der Waals surface area contributed by atoms with Gasteiger partial charge < -0.3 is 25.2 Å². The molecule has 0 bridgehead atoms. The second-order valence-electron chi connectivity index (χ2n) is 7.55. The average Bonchev–Trinajstić information content (AvgIpc) is 2.45.